The van der Waals surface area contributed by atoms with Gasteiger partial charge in [0, 0.05) is 12.1 Å². The molecular weight excluding hydrogens is 408 g/mol. The van der Waals surface area contributed by atoms with Crippen LogP contribution in [0.2, 0.25) is 0 Å². The molecule has 1 atom stereocenters. The molecule has 8 nitrogen and oxygen atoms in total. The minimum absolute atomic E-state index is 0.266. The van der Waals surface area contributed by atoms with Crippen LogP contribution < -0.4 is 5.32 Å². The summed E-state index contributed by atoms with van der Waals surface area (Å²) in [7, 11) is 0. The molecule has 4 rings (SSSR count). The number of imide groups is 1. The molecule has 8 heteroatoms. The molecule has 164 valence electrons. The van der Waals surface area contributed by atoms with Crippen LogP contribution in [0.3, 0.4) is 0 Å². The molecular formula is C24H24N4O4. The number of hydrogen-bond donors (Lipinski definition) is 1. The summed E-state index contributed by atoms with van der Waals surface area (Å²) in [6.07, 6.45) is 1.94. The number of carbonyl (C=O) groups excluding carboxylic acids is 3. The van der Waals surface area contributed by atoms with Gasteiger partial charge in [0.1, 0.15) is 0 Å². The number of rotatable bonds is 8. The van der Waals surface area contributed by atoms with Crippen molar-refractivity contribution in [2.24, 2.45) is 0 Å². The first-order chi connectivity index (χ1) is 15.5. The third kappa shape index (κ3) is 4.30. The van der Waals surface area contributed by atoms with Gasteiger partial charge in [-0.2, -0.15) is 4.98 Å². The lowest BCUT2D eigenvalue weighted by Gasteiger charge is -2.18. The van der Waals surface area contributed by atoms with Crippen molar-refractivity contribution in [2.75, 3.05) is 6.54 Å². The van der Waals surface area contributed by atoms with Crippen molar-refractivity contribution < 1.29 is 18.9 Å². The van der Waals surface area contributed by atoms with E-state index in [-0.39, 0.29) is 23.3 Å². The van der Waals surface area contributed by atoms with E-state index in [1.54, 1.807) is 19.1 Å². The number of hydrogen-bond acceptors (Lipinski definition) is 6. The van der Waals surface area contributed by atoms with Gasteiger partial charge in [-0.15, -0.1) is 0 Å². The van der Waals surface area contributed by atoms with E-state index in [2.05, 4.69) is 15.5 Å². The molecule has 1 N–H and O–H groups in total. The van der Waals surface area contributed by atoms with Gasteiger partial charge in [0.15, 0.2) is 5.82 Å². The van der Waals surface area contributed by atoms with E-state index < -0.39 is 6.04 Å². The highest BCUT2D eigenvalue weighted by molar-refractivity contribution is 6.22. The van der Waals surface area contributed by atoms with Crippen LogP contribution in [0.1, 0.15) is 74.2 Å². The predicted octanol–water partition coefficient (Wildman–Crippen LogP) is 3.49. The highest BCUT2D eigenvalue weighted by Crippen LogP contribution is 2.25. The largest absolute Gasteiger partial charge is 0.345 e. The third-order valence-electron chi connectivity index (χ3n) is 5.42. The summed E-state index contributed by atoms with van der Waals surface area (Å²) in [6.45, 7) is 4.11. The van der Waals surface area contributed by atoms with Gasteiger partial charge in [-0.3, -0.25) is 19.3 Å². The topological polar surface area (TPSA) is 105 Å². The quantitative estimate of drug-likeness (QED) is 0.546. The van der Waals surface area contributed by atoms with Crippen LogP contribution in [0.15, 0.2) is 53.1 Å². The molecule has 0 spiro atoms. The van der Waals surface area contributed by atoms with E-state index in [9.17, 15) is 14.4 Å². The molecule has 0 unspecified atom stereocenters. The number of unbranched alkanes of at least 4 members (excludes halogenated alkanes) is 1. The summed E-state index contributed by atoms with van der Waals surface area (Å²) in [4.78, 5) is 43.8. The Morgan fingerprint density at radius 1 is 1.09 bits per heavy atom. The molecule has 0 saturated heterocycles. The van der Waals surface area contributed by atoms with Gasteiger partial charge in [-0.25, -0.2) is 0 Å². The predicted molar refractivity (Wildman–Crippen MR) is 116 cm³/mol. The number of carbonyl (C=O) groups is 3. The lowest BCUT2D eigenvalue weighted by molar-refractivity contribution is 0.0652. The van der Waals surface area contributed by atoms with Gasteiger partial charge in [0.05, 0.1) is 23.6 Å². The van der Waals surface area contributed by atoms with E-state index in [4.69, 9.17) is 4.52 Å². The van der Waals surface area contributed by atoms with E-state index in [1.807, 2.05) is 37.3 Å². The maximum atomic E-state index is 13.1. The van der Waals surface area contributed by atoms with Crippen molar-refractivity contribution in [1.29, 1.82) is 0 Å². The van der Waals surface area contributed by atoms with Gasteiger partial charge < -0.3 is 9.84 Å². The van der Waals surface area contributed by atoms with Crippen molar-refractivity contribution >= 4 is 17.7 Å². The summed E-state index contributed by atoms with van der Waals surface area (Å²) in [6, 6.07) is 13.7. The van der Waals surface area contributed by atoms with Crippen LogP contribution in [-0.2, 0) is 6.42 Å². The molecule has 2 heterocycles. The van der Waals surface area contributed by atoms with Gasteiger partial charge in [0.2, 0.25) is 5.89 Å². The zero-order valence-corrected chi connectivity index (χ0v) is 18.0. The first-order valence-corrected chi connectivity index (χ1v) is 10.6. The molecule has 2 aromatic carbocycles. The number of amides is 3. The van der Waals surface area contributed by atoms with Crippen molar-refractivity contribution in [3.63, 3.8) is 0 Å². The molecule has 1 aliphatic rings. The fourth-order valence-electron chi connectivity index (χ4n) is 3.73. The lowest BCUT2D eigenvalue weighted by Crippen LogP contribution is -2.31. The van der Waals surface area contributed by atoms with Crippen LogP contribution in [0.5, 0.6) is 0 Å². The van der Waals surface area contributed by atoms with Crippen LogP contribution in [0, 0.1) is 6.92 Å². The zero-order chi connectivity index (χ0) is 22.7. The first-order valence-electron chi connectivity index (χ1n) is 10.6. The minimum Gasteiger partial charge on any atom is -0.345 e. The Kier molecular flexibility index (Phi) is 6.11. The molecule has 0 fully saturated rings. The second-order valence-corrected chi connectivity index (χ2v) is 7.75. The summed E-state index contributed by atoms with van der Waals surface area (Å²) in [5, 5.41) is 6.80. The lowest BCUT2D eigenvalue weighted by atomic mass is 10.0. The Hall–Kier alpha value is -3.81. The zero-order valence-electron chi connectivity index (χ0n) is 18.0. The molecule has 3 amide bonds. The highest BCUT2D eigenvalue weighted by atomic mass is 16.5. The smallest absolute Gasteiger partial charge is 0.261 e. The summed E-state index contributed by atoms with van der Waals surface area (Å²) < 4.78 is 5.23. The number of nitrogens with zero attached hydrogens (tertiary/aromatic N) is 3. The first kappa shape index (κ1) is 21.4. The molecule has 0 bridgehead atoms. The maximum Gasteiger partial charge on any atom is 0.261 e. The SMILES string of the molecule is CCCCN1C(=O)c2ccc(C(=O)N[C@H](Cc3nc(C)no3)c3ccccc3)cc2C1=O. The third-order valence-corrected chi connectivity index (χ3v) is 5.42. The Bertz CT molecular complexity index is 1160. The van der Waals surface area contributed by atoms with Crippen molar-refractivity contribution in [2.45, 2.75) is 39.2 Å². The highest BCUT2D eigenvalue weighted by Gasteiger charge is 2.35. The molecule has 0 aliphatic carbocycles. The summed E-state index contributed by atoms with van der Waals surface area (Å²) >= 11 is 0. The van der Waals surface area contributed by atoms with E-state index in [1.165, 1.54) is 11.0 Å². The average molecular weight is 432 g/mol. The normalized spacial score (nSPS) is 13.9. The van der Waals surface area contributed by atoms with Crippen LogP contribution >= 0.6 is 0 Å². The van der Waals surface area contributed by atoms with Crippen LogP contribution in [-0.4, -0.2) is 39.3 Å². The molecule has 1 aromatic heterocycles. The molecule has 1 aliphatic heterocycles. The Morgan fingerprint density at radius 3 is 2.53 bits per heavy atom. The summed E-state index contributed by atoms with van der Waals surface area (Å²) in [5.41, 5.74) is 1.80. The van der Waals surface area contributed by atoms with Crippen LogP contribution in [0.25, 0.3) is 0 Å². The minimum atomic E-state index is -0.407. The Morgan fingerprint density at radius 2 is 1.84 bits per heavy atom. The maximum absolute atomic E-state index is 13.1. The second kappa shape index (κ2) is 9.13. The summed E-state index contributed by atoms with van der Waals surface area (Å²) in [5.74, 6) is -0.0796. The standard InChI is InChI=1S/C24H24N4O4/c1-3-4-12-28-23(30)18-11-10-17(13-19(18)24(28)31)22(29)26-20(16-8-6-5-7-9-16)14-21-25-15(2)27-32-21/h5-11,13,20H,3-4,12,14H2,1-2H3,(H,26,29)/t20-/m1/s1. The van der Waals surface area contributed by atoms with E-state index in [0.29, 0.717) is 35.8 Å². The van der Waals surface area contributed by atoms with Crippen molar-refractivity contribution in [3.8, 4) is 0 Å². The van der Waals surface area contributed by atoms with Crippen molar-refractivity contribution in [1.82, 2.24) is 20.4 Å². The number of nitrogens with one attached hydrogen (secondary N) is 1. The monoisotopic (exact) mass is 432 g/mol. The number of benzene rings is 2. The van der Waals surface area contributed by atoms with E-state index >= 15 is 0 Å². The molecule has 0 radical (unpaired) electrons. The number of aryl methyl sites for hydroxylation is 1. The van der Waals surface area contributed by atoms with Gasteiger partial charge in [-0.05, 0) is 37.1 Å². The van der Waals surface area contributed by atoms with E-state index in [0.717, 1.165) is 18.4 Å². The molecule has 0 saturated carbocycles. The number of aromatic nitrogens is 2. The number of fused-ring (bicyclic) bond motifs is 1. The second-order valence-electron chi connectivity index (χ2n) is 7.75. The molecule has 3 aromatic rings. The van der Waals surface area contributed by atoms with Gasteiger partial charge >= 0.3 is 0 Å². The fraction of sp³-hybridized carbons (Fsp3) is 0.292. The van der Waals surface area contributed by atoms with Gasteiger partial charge in [0.25, 0.3) is 17.7 Å². The average Bonchev–Trinajstić information content (AvgIpc) is 3.32. The Balaban J connectivity index is 1.56. The fourth-order valence-corrected chi connectivity index (χ4v) is 3.73. The van der Waals surface area contributed by atoms with Crippen molar-refractivity contribution in [3.05, 3.63) is 82.5 Å². The Labute approximate surface area is 185 Å². The molecule has 32 heavy (non-hydrogen) atoms. The van der Waals surface area contributed by atoms with Crippen LogP contribution in [0.4, 0.5) is 0 Å². The van der Waals surface area contributed by atoms with Gasteiger partial charge in [-0.1, -0.05) is 48.8 Å².